The van der Waals surface area contributed by atoms with Crippen LogP contribution in [0.4, 0.5) is 0 Å². The molecule has 0 aliphatic rings. The van der Waals surface area contributed by atoms with Crippen LogP contribution in [0.1, 0.15) is 12.5 Å². The lowest BCUT2D eigenvalue weighted by atomic mass is 10.0. The molecule has 0 spiro atoms. The number of ketones is 1. The Morgan fingerprint density at radius 1 is 1.57 bits per heavy atom. The molecule has 8 heteroatoms. The van der Waals surface area contributed by atoms with E-state index in [1.54, 1.807) is 4.68 Å². The van der Waals surface area contributed by atoms with Crippen LogP contribution in [0.5, 0.6) is 0 Å². The molecule has 0 saturated carbocycles. The minimum Gasteiger partial charge on any atom is -0.308 e. The van der Waals surface area contributed by atoms with Crippen molar-refractivity contribution in [2.24, 2.45) is 5.92 Å². The molecule has 0 aliphatic carbocycles. The van der Waals surface area contributed by atoms with Gasteiger partial charge in [-0.15, -0.1) is 5.10 Å². The average Bonchev–Trinajstić information content (AvgIpc) is 2.87. The maximum absolute atomic E-state index is 12.0. The van der Waals surface area contributed by atoms with E-state index in [0.717, 1.165) is 11.3 Å². The number of benzene rings is 1. The van der Waals surface area contributed by atoms with E-state index >= 15 is 0 Å². The minimum atomic E-state index is -0.978. The first-order valence-corrected chi connectivity index (χ1v) is 8.91. The summed E-state index contributed by atoms with van der Waals surface area (Å²) in [5.41, 5.74) is 2.04. The van der Waals surface area contributed by atoms with Crippen LogP contribution in [0.2, 0.25) is 0 Å². The number of Topliss-reactive ketones (excluding diaryl/α,β-unsaturated/α-hetero) is 1. The number of nitrogens with one attached hydrogen (secondary N) is 1. The normalized spacial score (nSPS) is 11.7. The third-order valence-corrected chi connectivity index (χ3v) is 5.48. The minimum absolute atomic E-state index is 0.0659. The summed E-state index contributed by atoms with van der Waals surface area (Å²) in [6, 6.07) is 9.65. The van der Waals surface area contributed by atoms with Crippen molar-refractivity contribution < 1.29 is 4.79 Å². The molecule has 0 aliphatic heterocycles. The van der Waals surface area contributed by atoms with Gasteiger partial charge in [0.25, 0.3) is 0 Å². The van der Waals surface area contributed by atoms with Gasteiger partial charge in [-0.25, -0.2) is 4.68 Å². The molecule has 1 aromatic heterocycles. The topological polar surface area (TPSA) is 82.5 Å². The summed E-state index contributed by atoms with van der Waals surface area (Å²) >= 11 is 7.92. The first-order chi connectivity index (χ1) is 10.9. The molecule has 1 heterocycles. The molecule has 0 radical (unpaired) electrons. The lowest BCUT2D eigenvalue weighted by Gasteiger charge is -2.05. The highest BCUT2D eigenvalue weighted by atomic mass is 32.2. The van der Waals surface area contributed by atoms with Gasteiger partial charge in [-0.1, -0.05) is 41.3 Å². The summed E-state index contributed by atoms with van der Waals surface area (Å²) < 4.78 is 2.96. The van der Waals surface area contributed by atoms with Crippen LogP contribution in [0.15, 0.2) is 28.6 Å². The monoisotopic (exact) mass is 362 g/mol. The molecule has 118 valence electrons. The second-order valence-corrected chi connectivity index (χ2v) is 7.68. The number of carbonyl (C=O) groups is 1. The second-order valence-electron chi connectivity index (χ2n) is 4.83. The quantitative estimate of drug-likeness (QED) is 0.480. The Balaban J connectivity index is 2.16. The molecule has 0 unspecified atom stereocenters. The van der Waals surface area contributed by atoms with Gasteiger partial charge in [0, 0.05) is 5.71 Å². The molecule has 2 aromatic rings. The van der Waals surface area contributed by atoms with Crippen LogP contribution in [0.3, 0.4) is 0 Å². The molecule has 0 amide bonds. The summed E-state index contributed by atoms with van der Waals surface area (Å²) in [4.78, 5) is 12.0. The first-order valence-electron chi connectivity index (χ1n) is 6.70. The van der Waals surface area contributed by atoms with E-state index in [-0.39, 0.29) is 17.2 Å². The fraction of sp³-hybridized carbons (Fsp3) is 0.267. The largest absolute Gasteiger partial charge is 0.308 e. The van der Waals surface area contributed by atoms with E-state index in [4.69, 9.17) is 22.9 Å². The van der Waals surface area contributed by atoms with Crippen molar-refractivity contribution in [1.29, 1.82) is 10.7 Å². The molecule has 0 saturated heterocycles. The standard InChI is InChI=1S/C15H14N4OS3/c1-9-5-3-4-6-12(9)19-15(21)23-14(18-19)22-8-13(20)11(7-16)10(2)17/h3-6,11,17H,8H2,1-2H3/t11-/m0/s1. The van der Waals surface area contributed by atoms with Crippen LogP contribution in [0, 0.1) is 33.5 Å². The van der Waals surface area contributed by atoms with E-state index in [1.165, 1.54) is 30.0 Å². The third-order valence-electron chi connectivity index (χ3n) is 3.09. The first kappa shape index (κ1) is 17.5. The van der Waals surface area contributed by atoms with Crippen LogP contribution >= 0.6 is 35.3 Å². The zero-order chi connectivity index (χ0) is 17.0. The van der Waals surface area contributed by atoms with Crippen LogP contribution in [-0.4, -0.2) is 27.0 Å². The van der Waals surface area contributed by atoms with Crippen molar-refractivity contribution >= 4 is 46.8 Å². The fourth-order valence-corrected chi connectivity index (χ4v) is 4.15. The molecule has 1 atom stereocenters. The van der Waals surface area contributed by atoms with E-state index in [0.29, 0.717) is 8.29 Å². The highest BCUT2D eigenvalue weighted by Gasteiger charge is 2.20. The Kier molecular flexibility index (Phi) is 5.82. The summed E-state index contributed by atoms with van der Waals surface area (Å²) in [5.74, 6) is -1.16. The number of para-hydroxylation sites is 1. The zero-order valence-electron chi connectivity index (χ0n) is 12.6. The molecule has 2 rings (SSSR count). The number of nitriles is 1. The summed E-state index contributed by atoms with van der Waals surface area (Å²) in [6.45, 7) is 3.45. The van der Waals surface area contributed by atoms with E-state index in [1.807, 2.05) is 37.3 Å². The molecule has 0 fully saturated rings. The van der Waals surface area contributed by atoms with Crippen molar-refractivity contribution in [2.45, 2.75) is 18.2 Å². The van der Waals surface area contributed by atoms with E-state index in [2.05, 4.69) is 5.10 Å². The van der Waals surface area contributed by atoms with Gasteiger partial charge in [-0.3, -0.25) is 4.79 Å². The lowest BCUT2D eigenvalue weighted by Crippen LogP contribution is -2.21. The molecule has 1 N–H and O–H groups in total. The predicted octanol–water partition coefficient (Wildman–Crippen LogP) is 3.81. The van der Waals surface area contributed by atoms with Gasteiger partial charge < -0.3 is 5.41 Å². The molecule has 23 heavy (non-hydrogen) atoms. The maximum Gasteiger partial charge on any atom is 0.184 e. The molecule has 5 nitrogen and oxygen atoms in total. The fourth-order valence-electron chi connectivity index (χ4n) is 1.90. The summed E-state index contributed by atoms with van der Waals surface area (Å²) in [5, 5.41) is 20.8. The number of aromatic nitrogens is 2. The number of hydrogen-bond acceptors (Lipinski definition) is 7. The van der Waals surface area contributed by atoms with Crippen molar-refractivity contribution in [1.82, 2.24) is 9.78 Å². The number of nitrogens with zero attached hydrogens (tertiary/aromatic N) is 3. The Bertz CT molecular complexity index is 847. The van der Waals surface area contributed by atoms with Gasteiger partial charge in [0.05, 0.1) is 17.5 Å². The molecular weight excluding hydrogens is 348 g/mol. The smallest absolute Gasteiger partial charge is 0.184 e. The third kappa shape index (κ3) is 4.13. The Hall–Kier alpha value is -1.82. The second kappa shape index (κ2) is 7.64. The highest BCUT2D eigenvalue weighted by Crippen LogP contribution is 2.25. The Morgan fingerprint density at radius 2 is 2.26 bits per heavy atom. The van der Waals surface area contributed by atoms with Gasteiger partial charge in [0.15, 0.2) is 14.1 Å². The van der Waals surface area contributed by atoms with Gasteiger partial charge in [-0.2, -0.15) is 5.26 Å². The average molecular weight is 363 g/mol. The molecular formula is C15H14N4OS3. The van der Waals surface area contributed by atoms with E-state index < -0.39 is 5.92 Å². The number of aryl methyl sites for hydroxylation is 1. The summed E-state index contributed by atoms with van der Waals surface area (Å²) in [7, 11) is 0. The molecule has 1 aromatic carbocycles. The van der Waals surface area contributed by atoms with Gasteiger partial charge in [0.2, 0.25) is 0 Å². The predicted molar refractivity (Wildman–Crippen MR) is 95.2 cm³/mol. The van der Waals surface area contributed by atoms with Gasteiger partial charge in [-0.05, 0) is 37.7 Å². The number of hydrogen-bond donors (Lipinski definition) is 1. The maximum atomic E-state index is 12.0. The van der Waals surface area contributed by atoms with Gasteiger partial charge >= 0.3 is 0 Å². The Morgan fingerprint density at radius 3 is 2.87 bits per heavy atom. The lowest BCUT2D eigenvalue weighted by molar-refractivity contribution is -0.117. The SMILES string of the molecule is CC(=N)[C@H](C#N)C(=O)CSc1nn(-c2ccccc2C)c(=S)s1. The van der Waals surface area contributed by atoms with Crippen LogP contribution in [0.25, 0.3) is 5.69 Å². The zero-order valence-corrected chi connectivity index (χ0v) is 15.0. The van der Waals surface area contributed by atoms with Crippen molar-refractivity contribution in [3.63, 3.8) is 0 Å². The van der Waals surface area contributed by atoms with Crippen LogP contribution < -0.4 is 0 Å². The molecule has 0 bridgehead atoms. The number of carbonyl (C=O) groups excluding carboxylic acids is 1. The van der Waals surface area contributed by atoms with E-state index in [9.17, 15) is 4.79 Å². The number of thioether (sulfide) groups is 1. The number of rotatable bonds is 6. The van der Waals surface area contributed by atoms with Crippen molar-refractivity contribution in [3.8, 4) is 11.8 Å². The highest BCUT2D eigenvalue weighted by molar-refractivity contribution is 8.01. The summed E-state index contributed by atoms with van der Waals surface area (Å²) in [6.07, 6.45) is 0. The van der Waals surface area contributed by atoms with Crippen LogP contribution in [-0.2, 0) is 4.79 Å². The Labute approximate surface area is 147 Å². The van der Waals surface area contributed by atoms with Crippen molar-refractivity contribution in [2.75, 3.05) is 5.75 Å². The van der Waals surface area contributed by atoms with Gasteiger partial charge in [0.1, 0.15) is 5.92 Å². The van der Waals surface area contributed by atoms with Crippen molar-refractivity contribution in [3.05, 3.63) is 33.8 Å².